The summed E-state index contributed by atoms with van der Waals surface area (Å²) in [7, 11) is 1.72. The number of hydrogen-bond acceptors (Lipinski definition) is 4. The predicted molar refractivity (Wildman–Crippen MR) is 219 cm³/mol. The van der Waals surface area contributed by atoms with Crippen molar-refractivity contribution < 1.29 is 14.9 Å². The van der Waals surface area contributed by atoms with Crippen LogP contribution in [0.5, 0.6) is 17.2 Å². The highest BCUT2D eigenvalue weighted by molar-refractivity contribution is 5.52. The molecule has 3 rings (SSSR count). The van der Waals surface area contributed by atoms with Gasteiger partial charge < -0.3 is 14.9 Å². The van der Waals surface area contributed by atoms with Gasteiger partial charge in [0.15, 0.2) is 0 Å². The maximum atomic E-state index is 11.8. The van der Waals surface area contributed by atoms with Crippen molar-refractivity contribution in [2.24, 2.45) is 11.8 Å². The summed E-state index contributed by atoms with van der Waals surface area (Å²) in [4.78, 5) is 2.78. The Hall–Kier alpha value is -2.98. The highest BCUT2D eigenvalue weighted by atomic mass is 16.5. The number of phenolic OH excluding ortho intramolecular Hbond substituents is 2. The van der Waals surface area contributed by atoms with Gasteiger partial charge in [-0.3, -0.25) is 4.90 Å². The van der Waals surface area contributed by atoms with Gasteiger partial charge in [-0.2, -0.15) is 0 Å². The third kappa shape index (κ3) is 10.1. The Balaban J connectivity index is 2.57. The van der Waals surface area contributed by atoms with Crippen LogP contribution < -0.4 is 4.74 Å². The molecular weight excluding hydrogens is 627 g/mol. The first-order valence-electron chi connectivity index (χ1n) is 19.4. The van der Waals surface area contributed by atoms with Gasteiger partial charge in [-0.25, -0.2) is 0 Å². The molecule has 4 heteroatoms. The topological polar surface area (TPSA) is 52.9 Å². The molecule has 0 fully saturated rings. The van der Waals surface area contributed by atoms with E-state index in [1.54, 1.807) is 7.11 Å². The van der Waals surface area contributed by atoms with Crippen LogP contribution in [-0.2, 0) is 21.7 Å². The van der Waals surface area contributed by atoms with E-state index in [1.807, 2.05) is 0 Å². The van der Waals surface area contributed by atoms with Crippen molar-refractivity contribution in [3.05, 3.63) is 87.5 Å². The average molecular weight is 700 g/mol. The molecule has 0 aliphatic rings. The van der Waals surface area contributed by atoms with Crippen LogP contribution in [0.15, 0.2) is 48.5 Å². The third-order valence-corrected chi connectivity index (χ3v) is 10.4. The number of nitrogens with zero attached hydrogens (tertiary/aromatic N) is 1. The summed E-state index contributed by atoms with van der Waals surface area (Å²) >= 11 is 0. The quantitative estimate of drug-likeness (QED) is 0.209. The summed E-state index contributed by atoms with van der Waals surface area (Å²) in [6.07, 6.45) is 1.90. The molecule has 0 radical (unpaired) electrons. The first-order valence-corrected chi connectivity index (χ1v) is 19.4. The van der Waals surface area contributed by atoms with E-state index in [9.17, 15) is 10.2 Å². The van der Waals surface area contributed by atoms with Crippen LogP contribution in [0, 0.1) is 11.8 Å². The summed E-state index contributed by atoms with van der Waals surface area (Å²) < 4.78 is 5.59. The molecule has 51 heavy (non-hydrogen) atoms. The van der Waals surface area contributed by atoms with Gasteiger partial charge in [0, 0.05) is 18.1 Å². The number of rotatable bonds is 11. The highest BCUT2D eigenvalue weighted by Crippen LogP contribution is 2.50. The lowest BCUT2D eigenvalue weighted by molar-refractivity contribution is 0.0586. The van der Waals surface area contributed by atoms with Crippen molar-refractivity contribution in [2.75, 3.05) is 7.11 Å². The van der Waals surface area contributed by atoms with Crippen LogP contribution in [0.1, 0.15) is 188 Å². The highest BCUT2D eigenvalue weighted by Gasteiger charge is 2.38. The summed E-state index contributed by atoms with van der Waals surface area (Å²) in [5.74, 6) is 2.51. The van der Waals surface area contributed by atoms with Gasteiger partial charge in [0.05, 0.1) is 7.11 Å². The molecule has 0 spiro atoms. The summed E-state index contributed by atoms with van der Waals surface area (Å²) in [5.41, 5.74) is 6.72. The normalized spacial score (nSPS) is 15.1. The van der Waals surface area contributed by atoms with Gasteiger partial charge >= 0.3 is 0 Å². The van der Waals surface area contributed by atoms with Crippen LogP contribution >= 0.6 is 0 Å². The fraction of sp³-hybridized carbons (Fsp3) is 0.617. The number of aromatic hydroxyl groups is 2. The van der Waals surface area contributed by atoms with Crippen LogP contribution in [0.3, 0.4) is 0 Å². The predicted octanol–water partition coefficient (Wildman–Crippen LogP) is 13.2. The van der Waals surface area contributed by atoms with E-state index in [2.05, 4.69) is 171 Å². The number of hydrogen-bond donors (Lipinski definition) is 2. The van der Waals surface area contributed by atoms with E-state index in [0.29, 0.717) is 23.3 Å². The Labute approximate surface area is 313 Å². The van der Waals surface area contributed by atoms with E-state index in [1.165, 1.54) is 16.7 Å². The largest absolute Gasteiger partial charge is 0.507 e. The molecule has 4 nitrogen and oxygen atoms in total. The molecule has 3 aromatic rings. The zero-order valence-electron chi connectivity index (χ0n) is 35.7. The molecule has 3 aromatic carbocycles. The molecule has 0 aromatic heterocycles. The zero-order chi connectivity index (χ0) is 39.0. The van der Waals surface area contributed by atoms with E-state index < -0.39 is 0 Å². The Morgan fingerprint density at radius 2 is 0.804 bits per heavy atom. The SMILES string of the molecule is COc1ccc(C(C)N(C(CC(C)C)c2cc(C(C)(C)C)c(O)c(C(C)(C)C)c2)C(CC(C)C)c2cc(C(C)(C)C)c(O)c(C(C)(C)C)c2)cc1. The second-order valence-electron chi connectivity index (χ2n) is 20.1. The maximum Gasteiger partial charge on any atom is 0.123 e. The van der Waals surface area contributed by atoms with Crippen LogP contribution in [0.2, 0.25) is 0 Å². The van der Waals surface area contributed by atoms with Crippen molar-refractivity contribution in [3.8, 4) is 17.2 Å². The second-order valence-corrected chi connectivity index (χ2v) is 20.1. The fourth-order valence-electron chi connectivity index (χ4n) is 7.55. The van der Waals surface area contributed by atoms with Crippen molar-refractivity contribution in [1.29, 1.82) is 0 Å². The molecule has 0 bridgehead atoms. The van der Waals surface area contributed by atoms with E-state index in [-0.39, 0.29) is 39.8 Å². The molecular formula is C47H73NO3. The van der Waals surface area contributed by atoms with Crippen molar-refractivity contribution in [2.45, 2.75) is 170 Å². The molecule has 3 atom stereocenters. The lowest BCUT2D eigenvalue weighted by Gasteiger charge is -2.45. The average Bonchev–Trinajstić information content (AvgIpc) is 2.97. The Kier molecular flexibility index (Phi) is 12.9. The zero-order valence-corrected chi connectivity index (χ0v) is 35.7. The third-order valence-electron chi connectivity index (χ3n) is 10.4. The van der Waals surface area contributed by atoms with Gasteiger partial charge in [0.1, 0.15) is 17.2 Å². The molecule has 0 aliphatic carbocycles. The smallest absolute Gasteiger partial charge is 0.123 e. The Bertz CT molecular complexity index is 1440. The van der Waals surface area contributed by atoms with Gasteiger partial charge in [-0.1, -0.05) is 123 Å². The minimum atomic E-state index is -0.244. The molecule has 0 saturated heterocycles. The molecule has 0 aliphatic heterocycles. The standard InChI is InChI=1S/C47H73NO3/c1-29(2)23-40(33-25-36(44(6,7)8)42(49)37(26-33)45(9,10)11)48(31(5)32-19-21-35(51-18)22-20-32)41(24-30(3)4)34-27-38(46(12,13)14)43(50)39(28-34)47(15,16)17/h19-22,25-31,40-41,49-50H,23-24H2,1-18H3. The number of methoxy groups -OCH3 is 1. The fourth-order valence-corrected chi connectivity index (χ4v) is 7.55. The molecule has 0 amide bonds. The van der Waals surface area contributed by atoms with Gasteiger partial charge in [-0.15, -0.1) is 0 Å². The monoisotopic (exact) mass is 700 g/mol. The van der Waals surface area contributed by atoms with E-state index in [4.69, 9.17) is 4.74 Å². The molecule has 0 heterocycles. The van der Waals surface area contributed by atoms with E-state index >= 15 is 0 Å². The maximum absolute atomic E-state index is 11.8. The number of benzene rings is 3. The van der Waals surface area contributed by atoms with Gasteiger partial charge in [0.25, 0.3) is 0 Å². The van der Waals surface area contributed by atoms with Crippen LogP contribution in [0.4, 0.5) is 0 Å². The first kappa shape index (κ1) is 42.4. The Morgan fingerprint density at radius 3 is 1.04 bits per heavy atom. The summed E-state index contributed by atoms with van der Waals surface area (Å²) in [6, 6.07) is 17.9. The van der Waals surface area contributed by atoms with Crippen molar-refractivity contribution >= 4 is 0 Å². The number of ether oxygens (including phenoxy) is 1. The second kappa shape index (κ2) is 15.6. The summed E-state index contributed by atoms with van der Waals surface area (Å²) in [5, 5.41) is 23.6. The van der Waals surface area contributed by atoms with Crippen LogP contribution in [-0.4, -0.2) is 22.2 Å². The minimum Gasteiger partial charge on any atom is -0.507 e. The first-order chi connectivity index (χ1) is 23.2. The molecule has 284 valence electrons. The van der Waals surface area contributed by atoms with Gasteiger partial charge in [0.2, 0.25) is 0 Å². The van der Waals surface area contributed by atoms with E-state index in [0.717, 1.165) is 40.8 Å². The molecule has 2 N–H and O–H groups in total. The molecule has 3 unspecified atom stereocenters. The van der Waals surface area contributed by atoms with Gasteiger partial charge in [-0.05, 0) is 129 Å². The minimum absolute atomic E-state index is 0.0401. The lowest BCUT2D eigenvalue weighted by Crippen LogP contribution is -2.37. The lowest BCUT2D eigenvalue weighted by atomic mass is 9.75. The summed E-state index contributed by atoms with van der Waals surface area (Å²) in [6.45, 7) is 38.1. The number of phenols is 2. The molecule has 0 saturated carbocycles. The van der Waals surface area contributed by atoms with Crippen molar-refractivity contribution in [1.82, 2.24) is 4.90 Å². The van der Waals surface area contributed by atoms with Crippen molar-refractivity contribution in [3.63, 3.8) is 0 Å². The van der Waals surface area contributed by atoms with Crippen LogP contribution in [0.25, 0.3) is 0 Å². The Morgan fingerprint density at radius 1 is 0.510 bits per heavy atom.